The van der Waals surface area contributed by atoms with Gasteiger partial charge in [0.15, 0.2) is 0 Å². The van der Waals surface area contributed by atoms with Gasteiger partial charge in [0.1, 0.15) is 0 Å². The molecule has 2 heteroatoms. The summed E-state index contributed by atoms with van der Waals surface area (Å²) in [5.74, 6) is 0.896. The highest BCUT2D eigenvalue weighted by atomic mass is 15.1. The van der Waals surface area contributed by atoms with E-state index in [2.05, 4.69) is 44.8 Å². The van der Waals surface area contributed by atoms with Gasteiger partial charge < -0.3 is 10.2 Å². The van der Waals surface area contributed by atoms with E-state index in [4.69, 9.17) is 0 Å². The van der Waals surface area contributed by atoms with Crippen molar-refractivity contribution in [3.05, 3.63) is 0 Å². The lowest BCUT2D eigenvalue weighted by atomic mass is 9.80. The molecule has 108 valence electrons. The Morgan fingerprint density at radius 1 is 1.33 bits per heavy atom. The lowest BCUT2D eigenvalue weighted by Gasteiger charge is -2.27. The third kappa shape index (κ3) is 5.71. The Hall–Kier alpha value is -0.0800. The normalized spacial score (nSPS) is 23.5. The molecule has 18 heavy (non-hydrogen) atoms. The van der Waals surface area contributed by atoms with E-state index in [-0.39, 0.29) is 0 Å². The lowest BCUT2D eigenvalue weighted by Crippen LogP contribution is -2.29. The Morgan fingerprint density at radius 3 is 2.61 bits per heavy atom. The van der Waals surface area contributed by atoms with Crippen molar-refractivity contribution < 1.29 is 0 Å². The van der Waals surface area contributed by atoms with Crippen LogP contribution in [0.2, 0.25) is 0 Å². The van der Waals surface area contributed by atoms with Gasteiger partial charge in [0.2, 0.25) is 0 Å². The van der Waals surface area contributed by atoms with E-state index in [0.717, 1.165) is 12.5 Å². The fraction of sp³-hybridized carbons (Fsp3) is 1.00. The summed E-state index contributed by atoms with van der Waals surface area (Å²) in [4.78, 5) is 2.67. The summed E-state index contributed by atoms with van der Waals surface area (Å²) in [6.45, 7) is 16.8. The number of likely N-dealkylation sites (tertiary alicyclic amines) is 1. The van der Waals surface area contributed by atoms with Gasteiger partial charge in [-0.05, 0) is 63.6 Å². The molecular formula is C16H34N2. The Morgan fingerprint density at radius 2 is 2.06 bits per heavy atom. The van der Waals surface area contributed by atoms with Crippen molar-refractivity contribution in [1.29, 1.82) is 0 Å². The first-order valence-electron chi connectivity index (χ1n) is 7.89. The van der Waals surface area contributed by atoms with Gasteiger partial charge in [-0.2, -0.15) is 0 Å². The van der Waals surface area contributed by atoms with Crippen molar-refractivity contribution in [2.24, 2.45) is 11.3 Å². The van der Waals surface area contributed by atoms with Crippen molar-refractivity contribution in [2.45, 2.75) is 66.3 Å². The van der Waals surface area contributed by atoms with Crippen LogP contribution in [-0.4, -0.2) is 37.1 Å². The van der Waals surface area contributed by atoms with E-state index >= 15 is 0 Å². The summed E-state index contributed by atoms with van der Waals surface area (Å²) in [5, 5.41) is 3.57. The highest BCUT2D eigenvalue weighted by Gasteiger charge is 2.31. The van der Waals surface area contributed by atoms with E-state index in [1.54, 1.807) is 0 Å². The maximum atomic E-state index is 3.57. The minimum atomic E-state index is 0.491. The quantitative estimate of drug-likeness (QED) is 0.748. The Labute approximate surface area is 115 Å². The van der Waals surface area contributed by atoms with E-state index in [1.807, 2.05) is 0 Å². The molecule has 1 aliphatic rings. The third-order valence-electron chi connectivity index (χ3n) is 4.35. The molecule has 0 aromatic heterocycles. The molecule has 1 N–H and O–H groups in total. The minimum Gasteiger partial charge on any atom is -0.314 e. The molecule has 0 bridgehead atoms. The van der Waals surface area contributed by atoms with Gasteiger partial charge in [0.05, 0.1) is 0 Å². The Balaban J connectivity index is 2.11. The molecule has 0 aliphatic carbocycles. The van der Waals surface area contributed by atoms with E-state index in [9.17, 15) is 0 Å². The zero-order valence-electron chi connectivity index (χ0n) is 13.3. The zero-order chi connectivity index (χ0) is 13.6. The van der Waals surface area contributed by atoms with Crippen LogP contribution in [0.25, 0.3) is 0 Å². The van der Waals surface area contributed by atoms with Crippen LogP contribution in [0.3, 0.4) is 0 Å². The molecule has 2 nitrogen and oxygen atoms in total. The summed E-state index contributed by atoms with van der Waals surface area (Å²) in [7, 11) is 0. The van der Waals surface area contributed by atoms with Crippen LogP contribution in [-0.2, 0) is 0 Å². The largest absolute Gasteiger partial charge is 0.314 e. The monoisotopic (exact) mass is 254 g/mol. The second kappa shape index (κ2) is 7.49. The fourth-order valence-corrected chi connectivity index (χ4v) is 2.86. The molecule has 0 amide bonds. The zero-order valence-corrected chi connectivity index (χ0v) is 13.3. The van der Waals surface area contributed by atoms with Gasteiger partial charge in [0, 0.05) is 12.6 Å². The predicted molar refractivity (Wildman–Crippen MR) is 81.0 cm³/mol. The van der Waals surface area contributed by atoms with Crippen LogP contribution in [0.5, 0.6) is 0 Å². The van der Waals surface area contributed by atoms with E-state index in [0.29, 0.717) is 11.5 Å². The van der Waals surface area contributed by atoms with E-state index < -0.39 is 0 Å². The standard InChI is InChI=1S/C16H34N2/c1-6-10-17-14(2)8-7-11-18-12-9-15(13-18)16(3,4)5/h14-15,17H,6-13H2,1-5H3. The van der Waals surface area contributed by atoms with Gasteiger partial charge in [-0.25, -0.2) is 0 Å². The smallest absolute Gasteiger partial charge is 0.00391 e. The van der Waals surface area contributed by atoms with Gasteiger partial charge in [-0.1, -0.05) is 27.7 Å². The molecule has 2 unspecified atom stereocenters. The first kappa shape index (κ1) is 16.0. The van der Waals surface area contributed by atoms with Crippen LogP contribution >= 0.6 is 0 Å². The van der Waals surface area contributed by atoms with Crippen LogP contribution in [0.15, 0.2) is 0 Å². The summed E-state index contributed by atoms with van der Waals surface area (Å²) >= 11 is 0. The molecule has 0 spiro atoms. The van der Waals surface area contributed by atoms with Crippen LogP contribution in [0, 0.1) is 11.3 Å². The highest BCUT2D eigenvalue weighted by Crippen LogP contribution is 2.33. The second-order valence-corrected chi connectivity index (χ2v) is 7.15. The van der Waals surface area contributed by atoms with Crippen molar-refractivity contribution >= 4 is 0 Å². The van der Waals surface area contributed by atoms with Gasteiger partial charge >= 0.3 is 0 Å². The van der Waals surface area contributed by atoms with Crippen LogP contribution < -0.4 is 5.32 Å². The van der Waals surface area contributed by atoms with Crippen molar-refractivity contribution in [3.8, 4) is 0 Å². The molecule has 2 atom stereocenters. The molecule has 0 aromatic rings. The Bertz CT molecular complexity index is 220. The van der Waals surface area contributed by atoms with Crippen molar-refractivity contribution in [3.63, 3.8) is 0 Å². The number of nitrogens with zero attached hydrogens (tertiary/aromatic N) is 1. The topological polar surface area (TPSA) is 15.3 Å². The maximum Gasteiger partial charge on any atom is 0.00391 e. The number of hydrogen-bond acceptors (Lipinski definition) is 2. The van der Waals surface area contributed by atoms with Crippen molar-refractivity contribution in [2.75, 3.05) is 26.2 Å². The fourth-order valence-electron chi connectivity index (χ4n) is 2.86. The summed E-state index contributed by atoms with van der Waals surface area (Å²) < 4.78 is 0. The first-order valence-corrected chi connectivity index (χ1v) is 7.89. The average molecular weight is 254 g/mol. The van der Waals surface area contributed by atoms with Gasteiger partial charge in [-0.3, -0.25) is 0 Å². The maximum absolute atomic E-state index is 3.57. The number of hydrogen-bond donors (Lipinski definition) is 1. The molecular weight excluding hydrogens is 220 g/mol. The molecule has 1 heterocycles. The third-order valence-corrected chi connectivity index (χ3v) is 4.35. The molecule has 1 aliphatic heterocycles. The molecule has 1 rings (SSSR count). The highest BCUT2D eigenvalue weighted by molar-refractivity contribution is 4.83. The number of rotatable bonds is 7. The number of nitrogens with one attached hydrogen (secondary N) is 1. The van der Waals surface area contributed by atoms with Gasteiger partial charge in [0.25, 0.3) is 0 Å². The first-order chi connectivity index (χ1) is 8.43. The lowest BCUT2D eigenvalue weighted by molar-refractivity contribution is 0.226. The van der Waals surface area contributed by atoms with E-state index in [1.165, 1.54) is 45.3 Å². The molecule has 0 saturated carbocycles. The summed E-state index contributed by atoms with van der Waals surface area (Å²) in [6.07, 6.45) is 5.29. The molecule has 1 fully saturated rings. The molecule has 0 aromatic carbocycles. The predicted octanol–water partition coefficient (Wildman–Crippen LogP) is 3.52. The molecule has 0 radical (unpaired) electrons. The molecule has 1 saturated heterocycles. The van der Waals surface area contributed by atoms with Gasteiger partial charge in [-0.15, -0.1) is 0 Å². The SMILES string of the molecule is CCCNC(C)CCCN1CCC(C(C)(C)C)C1. The van der Waals surface area contributed by atoms with Crippen LogP contribution in [0.4, 0.5) is 0 Å². The second-order valence-electron chi connectivity index (χ2n) is 7.15. The minimum absolute atomic E-state index is 0.491. The summed E-state index contributed by atoms with van der Waals surface area (Å²) in [6, 6.07) is 0.686. The average Bonchev–Trinajstić information content (AvgIpc) is 2.74. The van der Waals surface area contributed by atoms with Crippen molar-refractivity contribution in [1.82, 2.24) is 10.2 Å². The summed E-state index contributed by atoms with van der Waals surface area (Å²) in [5.41, 5.74) is 0.491. The Kier molecular flexibility index (Phi) is 6.65. The van der Waals surface area contributed by atoms with Crippen LogP contribution in [0.1, 0.15) is 60.3 Å².